The highest BCUT2D eigenvalue weighted by Gasteiger charge is 2.51. The average Bonchev–Trinajstić information content (AvgIpc) is 2.85. The highest BCUT2D eigenvalue weighted by Crippen LogP contribution is 2.32. The Morgan fingerprint density at radius 2 is 1.80 bits per heavy atom. The minimum absolute atomic E-state index is 0.412. The molecule has 1 aliphatic rings. The fourth-order valence-electron chi connectivity index (χ4n) is 2.60. The molecule has 0 spiro atoms. The van der Waals surface area contributed by atoms with E-state index in [-0.39, 0.29) is 0 Å². The van der Waals surface area contributed by atoms with E-state index in [0.29, 0.717) is 11.8 Å². The lowest BCUT2D eigenvalue weighted by atomic mass is 10.00. The molecule has 1 aromatic rings. The predicted molar refractivity (Wildman–Crippen MR) is 87.1 cm³/mol. The lowest BCUT2D eigenvalue weighted by Gasteiger charge is -2.25. The number of nitrogens with one attached hydrogen (secondary N) is 2. The molecule has 5 nitrogen and oxygen atoms in total. The molecule has 0 fully saturated rings. The van der Waals surface area contributed by atoms with Gasteiger partial charge in [-0.1, -0.05) is 12.8 Å². The molecule has 2 amide bonds. The van der Waals surface area contributed by atoms with E-state index in [4.69, 9.17) is 0 Å². The van der Waals surface area contributed by atoms with Crippen LogP contribution in [0, 0.1) is 0 Å². The number of hydrazine groups is 1. The largest absolute Gasteiger partial charge is 0.417 e. The van der Waals surface area contributed by atoms with E-state index in [9.17, 15) is 27.9 Å². The number of amides is 2. The number of aliphatic hydroxyl groups is 1. The second-order valence-corrected chi connectivity index (χ2v) is 7.56. The smallest absolute Gasteiger partial charge is 0.380 e. The molecule has 0 aliphatic heterocycles. The number of alkyl halides is 3. The van der Waals surface area contributed by atoms with Crippen molar-refractivity contribution in [2.24, 2.45) is 0 Å². The van der Waals surface area contributed by atoms with Crippen LogP contribution < -0.4 is 10.9 Å². The van der Waals surface area contributed by atoms with E-state index in [1.807, 2.05) is 5.43 Å². The molecule has 0 bridgehead atoms. The van der Waals surface area contributed by atoms with Crippen LogP contribution in [0.15, 0.2) is 6.07 Å². The molecule has 0 aromatic carbocycles. The molecule has 0 unspecified atom stereocenters. The molecule has 25 heavy (non-hydrogen) atoms. The van der Waals surface area contributed by atoms with Gasteiger partial charge in [0.25, 0.3) is 5.91 Å². The summed E-state index contributed by atoms with van der Waals surface area (Å²) in [6.45, 7) is 0.508. The summed E-state index contributed by atoms with van der Waals surface area (Å²) in [4.78, 5) is 25.2. The zero-order valence-corrected chi connectivity index (χ0v) is 14.6. The average molecular weight is 378 g/mol. The molecule has 1 heterocycles. The van der Waals surface area contributed by atoms with Crippen molar-refractivity contribution < 1.29 is 27.9 Å². The van der Waals surface area contributed by atoms with E-state index < -0.39 is 30.0 Å². The Morgan fingerprint density at radius 3 is 2.44 bits per heavy atom. The van der Waals surface area contributed by atoms with Crippen molar-refractivity contribution >= 4 is 23.2 Å². The topological polar surface area (TPSA) is 78.4 Å². The van der Waals surface area contributed by atoms with Crippen molar-refractivity contribution in [3.05, 3.63) is 21.4 Å². The number of hydrogen-bond acceptors (Lipinski definition) is 4. The van der Waals surface area contributed by atoms with Gasteiger partial charge in [0.2, 0.25) is 5.91 Å². The Kier molecular flexibility index (Phi) is 6.10. The van der Waals surface area contributed by atoms with E-state index in [2.05, 4.69) is 5.43 Å². The molecule has 9 heteroatoms. The normalized spacial score (nSPS) is 17.6. The fourth-order valence-corrected chi connectivity index (χ4v) is 3.75. The molecule has 1 atom stereocenters. The van der Waals surface area contributed by atoms with E-state index in [1.54, 1.807) is 6.07 Å². The van der Waals surface area contributed by atoms with Gasteiger partial charge in [-0.25, -0.2) is 0 Å². The van der Waals surface area contributed by atoms with Crippen LogP contribution in [0.3, 0.4) is 0 Å². The van der Waals surface area contributed by atoms with Crippen LogP contribution in [-0.4, -0.2) is 28.7 Å². The Hall–Kier alpha value is -1.61. The number of halogens is 3. The number of carbonyl (C=O) groups excluding carboxylic acids is 2. The van der Waals surface area contributed by atoms with Gasteiger partial charge in [-0.05, 0) is 44.2 Å². The van der Waals surface area contributed by atoms with Crippen molar-refractivity contribution in [2.45, 2.75) is 63.6 Å². The second kappa shape index (κ2) is 7.74. The van der Waals surface area contributed by atoms with Gasteiger partial charge in [0, 0.05) is 4.88 Å². The first-order valence-electron chi connectivity index (χ1n) is 8.10. The molecular weight excluding hydrogens is 357 g/mol. The van der Waals surface area contributed by atoms with Crippen molar-refractivity contribution in [3.63, 3.8) is 0 Å². The van der Waals surface area contributed by atoms with Crippen molar-refractivity contribution in [1.82, 2.24) is 10.9 Å². The number of fused-ring (bicyclic) bond motifs is 1. The summed E-state index contributed by atoms with van der Waals surface area (Å²) in [5.74, 6) is -1.69. The van der Waals surface area contributed by atoms with E-state index in [0.717, 1.165) is 49.0 Å². The standard InChI is InChI=1S/C16H21F3N2O3S/c1-15(24,16(17,18)19)9-13(22)20-21-14(23)12-8-10-6-4-2-3-5-7-11(10)25-12/h8,24H,2-7,9H2,1H3,(H,20,22)(H,21,23)/t15-/m1/s1. The third kappa shape index (κ3) is 5.18. The Morgan fingerprint density at radius 1 is 1.16 bits per heavy atom. The maximum Gasteiger partial charge on any atom is 0.417 e. The molecule has 140 valence electrons. The summed E-state index contributed by atoms with van der Waals surface area (Å²) in [6.07, 6.45) is 0.135. The number of carbonyl (C=O) groups is 2. The summed E-state index contributed by atoms with van der Waals surface area (Å²) in [7, 11) is 0. The van der Waals surface area contributed by atoms with E-state index in [1.165, 1.54) is 11.3 Å². The number of thiophene rings is 1. The van der Waals surface area contributed by atoms with E-state index >= 15 is 0 Å². The fraction of sp³-hybridized carbons (Fsp3) is 0.625. The summed E-state index contributed by atoms with van der Waals surface area (Å²) < 4.78 is 37.6. The number of aryl methyl sites for hydroxylation is 2. The second-order valence-electron chi connectivity index (χ2n) is 6.42. The summed E-state index contributed by atoms with van der Waals surface area (Å²) >= 11 is 1.34. The molecule has 0 saturated carbocycles. The zero-order chi connectivity index (χ0) is 18.7. The van der Waals surface area contributed by atoms with Crippen LogP contribution in [0.1, 0.15) is 59.1 Å². The Labute approximate surface area is 147 Å². The number of hydrogen-bond donors (Lipinski definition) is 3. The highest BCUT2D eigenvalue weighted by molar-refractivity contribution is 7.14. The minimum atomic E-state index is -4.93. The summed E-state index contributed by atoms with van der Waals surface area (Å²) in [6, 6.07) is 1.78. The van der Waals surface area contributed by atoms with Crippen LogP contribution in [0.4, 0.5) is 13.2 Å². The quantitative estimate of drug-likeness (QED) is 0.708. The predicted octanol–water partition coefficient (Wildman–Crippen LogP) is 2.87. The first-order valence-corrected chi connectivity index (χ1v) is 8.92. The van der Waals surface area contributed by atoms with Crippen molar-refractivity contribution in [3.8, 4) is 0 Å². The van der Waals surface area contributed by atoms with Crippen LogP contribution in [-0.2, 0) is 17.6 Å². The van der Waals surface area contributed by atoms with Crippen LogP contribution in [0.2, 0.25) is 0 Å². The van der Waals surface area contributed by atoms with Gasteiger partial charge >= 0.3 is 6.18 Å². The van der Waals surface area contributed by atoms with Crippen LogP contribution in [0.5, 0.6) is 0 Å². The Bertz CT molecular complexity index is 616. The molecule has 2 rings (SSSR count). The maximum absolute atomic E-state index is 12.5. The molecule has 1 aliphatic carbocycles. The SMILES string of the molecule is C[C@@](O)(CC(=O)NNC(=O)c1cc2c(s1)CCCCCC2)C(F)(F)F. The monoisotopic (exact) mass is 378 g/mol. The van der Waals surface area contributed by atoms with Gasteiger partial charge in [-0.3, -0.25) is 20.4 Å². The third-order valence-electron chi connectivity index (χ3n) is 4.15. The highest BCUT2D eigenvalue weighted by atomic mass is 32.1. The number of rotatable bonds is 3. The van der Waals surface area contributed by atoms with Gasteiger partial charge in [0.1, 0.15) is 0 Å². The summed E-state index contributed by atoms with van der Waals surface area (Å²) in [5.41, 5.74) is 2.00. The van der Waals surface area contributed by atoms with Gasteiger partial charge < -0.3 is 5.11 Å². The van der Waals surface area contributed by atoms with Gasteiger partial charge in [-0.15, -0.1) is 11.3 Å². The lowest BCUT2D eigenvalue weighted by Crippen LogP contribution is -2.49. The van der Waals surface area contributed by atoms with Crippen LogP contribution >= 0.6 is 11.3 Å². The first-order chi connectivity index (χ1) is 11.6. The Balaban J connectivity index is 1.92. The molecule has 0 radical (unpaired) electrons. The summed E-state index contributed by atoms with van der Waals surface area (Å²) in [5, 5.41) is 9.27. The molecule has 3 N–H and O–H groups in total. The van der Waals surface area contributed by atoms with Crippen molar-refractivity contribution in [2.75, 3.05) is 0 Å². The van der Waals surface area contributed by atoms with Crippen molar-refractivity contribution in [1.29, 1.82) is 0 Å². The zero-order valence-electron chi connectivity index (χ0n) is 13.8. The molecule has 1 aromatic heterocycles. The minimum Gasteiger partial charge on any atom is -0.380 e. The van der Waals surface area contributed by atoms with Gasteiger partial charge in [0.15, 0.2) is 5.60 Å². The van der Waals surface area contributed by atoms with Gasteiger partial charge in [0.05, 0.1) is 11.3 Å². The molecular formula is C16H21F3N2O3S. The first kappa shape index (κ1) is 19.7. The van der Waals surface area contributed by atoms with Gasteiger partial charge in [-0.2, -0.15) is 13.2 Å². The third-order valence-corrected chi connectivity index (χ3v) is 5.39. The van der Waals surface area contributed by atoms with Crippen LogP contribution in [0.25, 0.3) is 0 Å². The molecule has 0 saturated heterocycles. The maximum atomic E-state index is 12.5. The lowest BCUT2D eigenvalue weighted by molar-refractivity contribution is -0.253.